The number of benzene rings is 1. The lowest BCUT2D eigenvalue weighted by atomic mass is 10.1. The third-order valence-corrected chi connectivity index (χ3v) is 2.61. The Kier molecular flexibility index (Phi) is 3.91. The van der Waals surface area contributed by atoms with Gasteiger partial charge in [-0.25, -0.2) is 4.79 Å². The molecule has 0 saturated heterocycles. The zero-order chi connectivity index (χ0) is 11.4. The summed E-state index contributed by atoms with van der Waals surface area (Å²) in [5, 5.41) is 8.51. The van der Waals surface area contributed by atoms with Crippen LogP contribution in [0.3, 0.4) is 0 Å². The minimum absolute atomic E-state index is 0.773. The zero-order valence-corrected chi connectivity index (χ0v) is 10.0. The van der Waals surface area contributed by atoms with Crippen molar-refractivity contribution in [3.05, 3.63) is 33.8 Å². The van der Waals surface area contributed by atoms with Crippen molar-refractivity contribution < 1.29 is 14.6 Å². The molecule has 3 nitrogen and oxygen atoms in total. The number of aryl methyl sites for hydroxylation is 1. The van der Waals surface area contributed by atoms with Gasteiger partial charge in [0.25, 0.3) is 0 Å². The molecule has 4 heteroatoms. The number of aliphatic carboxylic acids is 1. The minimum Gasteiger partial charge on any atom is -0.496 e. The summed E-state index contributed by atoms with van der Waals surface area (Å²) in [6.07, 6.45) is 2.64. The lowest BCUT2D eigenvalue weighted by Gasteiger charge is -2.07. The molecular weight excluding hydrogens is 260 g/mol. The van der Waals surface area contributed by atoms with Gasteiger partial charge in [-0.3, -0.25) is 0 Å². The highest BCUT2D eigenvalue weighted by atomic mass is 79.9. The first kappa shape index (κ1) is 11.8. The number of methoxy groups -OCH3 is 1. The third kappa shape index (κ3) is 3.09. The van der Waals surface area contributed by atoms with Crippen molar-refractivity contribution in [2.45, 2.75) is 6.92 Å². The van der Waals surface area contributed by atoms with E-state index >= 15 is 0 Å². The van der Waals surface area contributed by atoms with E-state index in [1.54, 1.807) is 13.2 Å². The highest BCUT2D eigenvalue weighted by Gasteiger charge is 2.03. The third-order valence-electron chi connectivity index (χ3n) is 1.92. The van der Waals surface area contributed by atoms with Crippen LogP contribution < -0.4 is 4.74 Å². The number of carboxylic acids is 1. The van der Waals surface area contributed by atoms with E-state index in [1.807, 2.05) is 19.1 Å². The van der Waals surface area contributed by atoms with Crippen LogP contribution in [0.2, 0.25) is 0 Å². The summed E-state index contributed by atoms with van der Waals surface area (Å²) in [5.41, 5.74) is 1.78. The first-order chi connectivity index (χ1) is 7.04. The van der Waals surface area contributed by atoms with E-state index in [0.717, 1.165) is 27.4 Å². The van der Waals surface area contributed by atoms with Crippen molar-refractivity contribution in [3.63, 3.8) is 0 Å². The molecule has 0 fully saturated rings. The maximum atomic E-state index is 10.4. The molecule has 0 radical (unpaired) electrons. The summed E-state index contributed by atoms with van der Waals surface area (Å²) in [7, 11) is 1.60. The first-order valence-corrected chi connectivity index (χ1v) is 5.09. The normalized spacial score (nSPS) is 10.6. The van der Waals surface area contributed by atoms with Gasteiger partial charge in [-0.05, 0) is 36.3 Å². The molecule has 0 spiro atoms. The molecule has 0 amide bonds. The number of hydrogen-bond donors (Lipinski definition) is 1. The van der Waals surface area contributed by atoms with Crippen molar-refractivity contribution >= 4 is 28.0 Å². The van der Waals surface area contributed by atoms with Crippen molar-refractivity contribution in [1.29, 1.82) is 0 Å². The van der Waals surface area contributed by atoms with Gasteiger partial charge in [0.1, 0.15) is 5.75 Å². The molecule has 0 aliphatic carbocycles. The topological polar surface area (TPSA) is 46.5 Å². The predicted octanol–water partition coefficient (Wildman–Crippen LogP) is 2.86. The summed E-state index contributed by atoms with van der Waals surface area (Å²) >= 11 is 3.35. The SMILES string of the molecule is COc1cc(Br)c(/C=C/C(=O)O)cc1C. The van der Waals surface area contributed by atoms with Crippen LogP contribution in [0.25, 0.3) is 6.08 Å². The van der Waals surface area contributed by atoms with Crippen molar-refractivity contribution in [2.24, 2.45) is 0 Å². The van der Waals surface area contributed by atoms with Crippen molar-refractivity contribution in [3.8, 4) is 5.75 Å². The molecule has 0 aliphatic heterocycles. The Morgan fingerprint density at radius 3 is 2.73 bits per heavy atom. The summed E-state index contributed by atoms with van der Waals surface area (Å²) < 4.78 is 5.94. The number of carbonyl (C=O) groups is 1. The standard InChI is InChI=1S/C11H11BrO3/c1-7-5-8(3-4-11(13)14)9(12)6-10(7)15-2/h3-6H,1-2H3,(H,13,14)/b4-3+. The molecule has 1 aromatic rings. The second kappa shape index (κ2) is 4.98. The Bertz CT molecular complexity index is 411. The largest absolute Gasteiger partial charge is 0.496 e. The lowest BCUT2D eigenvalue weighted by molar-refractivity contribution is -0.131. The van der Waals surface area contributed by atoms with Crippen LogP contribution in [-0.4, -0.2) is 18.2 Å². The van der Waals surface area contributed by atoms with Crippen LogP contribution in [0.15, 0.2) is 22.7 Å². The van der Waals surface area contributed by atoms with Gasteiger partial charge in [-0.1, -0.05) is 15.9 Å². The Labute approximate surface area is 96.5 Å². The van der Waals surface area contributed by atoms with Gasteiger partial charge in [0.15, 0.2) is 0 Å². The van der Waals surface area contributed by atoms with Crippen LogP contribution in [0.5, 0.6) is 5.75 Å². The van der Waals surface area contributed by atoms with E-state index in [0.29, 0.717) is 0 Å². The highest BCUT2D eigenvalue weighted by Crippen LogP contribution is 2.27. The van der Waals surface area contributed by atoms with E-state index < -0.39 is 5.97 Å². The van der Waals surface area contributed by atoms with E-state index in [2.05, 4.69) is 15.9 Å². The smallest absolute Gasteiger partial charge is 0.328 e. The van der Waals surface area contributed by atoms with Gasteiger partial charge in [-0.15, -0.1) is 0 Å². The average molecular weight is 271 g/mol. The van der Waals surface area contributed by atoms with Crippen LogP contribution in [0.1, 0.15) is 11.1 Å². The van der Waals surface area contributed by atoms with Gasteiger partial charge < -0.3 is 9.84 Å². The molecule has 1 aromatic carbocycles. The number of ether oxygens (including phenoxy) is 1. The number of rotatable bonds is 3. The second-order valence-electron chi connectivity index (χ2n) is 3.01. The van der Waals surface area contributed by atoms with Gasteiger partial charge in [-0.2, -0.15) is 0 Å². The monoisotopic (exact) mass is 270 g/mol. The molecule has 0 aromatic heterocycles. The Balaban J connectivity index is 3.10. The number of halogens is 1. The van der Waals surface area contributed by atoms with Crippen LogP contribution in [0.4, 0.5) is 0 Å². The Morgan fingerprint density at radius 1 is 1.53 bits per heavy atom. The van der Waals surface area contributed by atoms with E-state index in [1.165, 1.54) is 0 Å². The van der Waals surface area contributed by atoms with Gasteiger partial charge >= 0.3 is 5.97 Å². The first-order valence-electron chi connectivity index (χ1n) is 4.29. The fourth-order valence-electron chi connectivity index (χ4n) is 1.19. The van der Waals surface area contributed by atoms with E-state index in [-0.39, 0.29) is 0 Å². The van der Waals surface area contributed by atoms with Gasteiger partial charge in [0.2, 0.25) is 0 Å². The molecular formula is C11H11BrO3. The molecule has 0 aliphatic rings. The maximum absolute atomic E-state index is 10.4. The molecule has 80 valence electrons. The molecule has 1 rings (SSSR count). The van der Waals surface area contributed by atoms with Crippen molar-refractivity contribution in [2.75, 3.05) is 7.11 Å². The molecule has 15 heavy (non-hydrogen) atoms. The van der Waals surface area contributed by atoms with Crippen LogP contribution in [0, 0.1) is 6.92 Å². The quantitative estimate of drug-likeness (QED) is 0.860. The molecule has 1 N–H and O–H groups in total. The van der Waals surface area contributed by atoms with Gasteiger partial charge in [0, 0.05) is 10.5 Å². The summed E-state index contributed by atoms with van der Waals surface area (Å²) in [4.78, 5) is 10.4. The summed E-state index contributed by atoms with van der Waals surface area (Å²) in [5.74, 6) is -0.190. The Morgan fingerprint density at radius 2 is 2.20 bits per heavy atom. The van der Waals surface area contributed by atoms with E-state index in [4.69, 9.17) is 9.84 Å². The average Bonchev–Trinajstić information content (AvgIpc) is 2.18. The van der Waals surface area contributed by atoms with Crippen LogP contribution in [-0.2, 0) is 4.79 Å². The van der Waals surface area contributed by atoms with Crippen molar-refractivity contribution in [1.82, 2.24) is 0 Å². The molecule has 0 bridgehead atoms. The minimum atomic E-state index is -0.963. The number of hydrogen-bond acceptors (Lipinski definition) is 2. The number of carboxylic acid groups (broad SMARTS) is 1. The molecule has 0 heterocycles. The Hall–Kier alpha value is -1.29. The maximum Gasteiger partial charge on any atom is 0.328 e. The zero-order valence-electron chi connectivity index (χ0n) is 8.45. The second-order valence-corrected chi connectivity index (χ2v) is 3.87. The fraction of sp³-hybridized carbons (Fsp3) is 0.182. The molecule has 0 unspecified atom stereocenters. The predicted molar refractivity (Wildman–Crippen MR) is 62.1 cm³/mol. The summed E-state index contributed by atoms with van der Waals surface area (Å²) in [6, 6.07) is 3.68. The molecule has 0 atom stereocenters. The summed E-state index contributed by atoms with van der Waals surface area (Å²) in [6.45, 7) is 1.91. The van der Waals surface area contributed by atoms with Crippen LogP contribution >= 0.6 is 15.9 Å². The molecule has 0 saturated carbocycles. The van der Waals surface area contributed by atoms with E-state index in [9.17, 15) is 4.79 Å². The fourth-order valence-corrected chi connectivity index (χ4v) is 1.65. The highest BCUT2D eigenvalue weighted by molar-refractivity contribution is 9.10. The lowest BCUT2D eigenvalue weighted by Crippen LogP contribution is -1.90. The van der Waals surface area contributed by atoms with Gasteiger partial charge in [0.05, 0.1) is 7.11 Å².